The second kappa shape index (κ2) is 4.29. The first kappa shape index (κ1) is 11.0. The van der Waals surface area contributed by atoms with E-state index in [9.17, 15) is 4.79 Å². The molecule has 2 aliphatic heterocycles. The number of nitrogens with one attached hydrogen (secondary N) is 1. The van der Waals surface area contributed by atoms with E-state index in [-0.39, 0.29) is 5.78 Å². The van der Waals surface area contributed by atoms with Gasteiger partial charge >= 0.3 is 0 Å². The van der Waals surface area contributed by atoms with E-state index in [0.29, 0.717) is 6.42 Å². The summed E-state index contributed by atoms with van der Waals surface area (Å²) in [5.41, 5.74) is 1.90. The molecule has 0 unspecified atom stereocenters. The van der Waals surface area contributed by atoms with Gasteiger partial charge in [0.2, 0.25) is 0 Å². The van der Waals surface area contributed by atoms with Crippen molar-refractivity contribution in [2.45, 2.75) is 6.42 Å². The van der Waals surface area contributed by atoms with Gasteiger partial charge in [0, 0.05) is 28.4 Å². The van der Waals surface area contributed by atoms with Gasteiger partial charge in [0.1, 0.15) is 0 Å². The van der Waals surface area contributed by atoms with Crippen LogP contribution in [0.5, 0.6) is 0 Å². The van der Waals surface area contributed by atoms with Crippen LogP contribution < -0.4 is 0 Å². The molecule has 86 valence electrons. The second-order valence-corrected chi connectivity index (χ2v) is 6.26. The van der Waals surface area contributed by atoms with Crippen molar-refractivity contribution < 1.29 is 4.79 Å². The van der Waals surface area contributed by atoms with Crippen LogP contribution in [0.4, 0.5) is 0 Å². The van der Waals surface area contributed by atoms with Crippen molar-refractivity contribution >= 4 is 46.1 Å². The van der Waals surface area contributed by atoms with Gasteiger partial charge in [-0.25, -0.2) is 0 Å². The van der Waals surface area contributed by atoms with Gasteiger partial charge in [-0.3, -0.25) is 4.79 Å². The molecular formula is C12H8ClNOS2. The van der Waals surface area contributed by atoms with E-state index in [1.807, 2.05) is 29.8 Å². The van der Waals surface area contributed by atoms with Gasteiger partial charge in [0.25, 0.3) is 0 Å². The van der Waals surface area contributed by atoms with Gasteiger partial charge in [-0.05, 0) is 12.1 Å². The van der Waals surface area contributed by atoms with Crippen molar-refractivity contribution in [3.63, 3.8) is 0 Å². The minimum absolute atomic E-state index is 0.168. The fraction of sp³-hybridized carbons (Fsp3) is 0.0833. The van der Waals surface area contributed by atoms with Crippen molar-refractivity contribution in [1.29, 1.82) is 0 Å². The third-order valence-corrected chi connectivity index (χ3v) is 4.96. The molecule has 0 aromatic heterocycles. The van der Waals surface area contributed by atoms with Crippen molar-refractivity contribution in [2.75, 3.05) is 0 Å². The molecule has 1 N–H and O–H groups in total. The number of Topliss-reactive ketones (excluding diaryl/α,β-unsaturated/α-hetero) is 1. The second-order valence-electron chi connectivity index (χ2n) is 3.67. The minimum Gasteiger partial charge on any atom is -0.360 e. The Balaban J connectivity index is 2.34. The third-order valence-electron chi connectivity index (χ3n) is 2.51. The maximum absolute atomic E-state index is 11.9. The van der Waals surface area contributed by atoms with Gasteiger partial charge in [0.15, 0.2) is 5.78 Å². The Bertz CT molecular complexity index is 633. The Morgan fingerprint density at radius 2 is 2.29 bits per heavy atom. The molecule has 2 nitrogen and oxygen atoms in total. The average Bonchev–Trinajstić information content (AvgIpc) is 2.49. The van der Waals surface area contributed by atoms with E-state index in [4.69, 9.17) is 11.6 Å². The largest absolute Gasteiger partial charge is 0.360 e. The number of fused-ring (bicyclic) bond motifs is 2. The number of carbonyl (C=O) groups excluding carboxylic acids is 1. The molecule has 3 aliphatic rings. The Kier molecular flexibility index (Phi) is 2.78. The number of halogens is 1. The van der Waals surface area contributed by atoms with E-state index in [0.717, 1.165) is 25.3 Å². The summed E-state index contributed by atoms with van der Waals surface area (Å²) in [7, 11) is 0. The number of hydrogen-bond acceptors (Lipinski definition) is 3. The molecular weight excluding hydrogens is 274 g/mol. The first-order valence-electron chi connectivity index (χ1n) is 5.07. The predicted molar refractivity (Wildman–Crippen MR) is 73.8 cm³/mol. The fourth-order valence-electron chi connectivity index (χ4n) is 1.69. The quantitative estimate of drug-likeness (QED) is 0.751. The summed E-state index contributed by atoms with van der Waals surface area (Å²) in [5, 5.41) is 1.99. The average molecular weight is 282 g/mol. The lowest BCUT2D eigenvalue weighted by Crippen LogP contribution is -2.01. The van der Waals surface area contributed by atoms with Gasteiger partial charge in [-0.2, -0.15) is 0 Å². The lowest BCUT2D eigenvalue weighted by Gasteiger charge is -2.04. The number of rotatable bonds is 0. The maximum atomic E-state index is 11.9. The number of ketones is 1. The summed E-state index contributed by atoms with van der Waals surface area (Å²) < 4.78 is 0.740. The molecule has 0 saturated carbocycles. The lowest BCUT2D eigenvalue weighted by molar-refractivity contribution is 0.0998. The molecule has 0 aromatic carbocycles. The van der Waals surface area contributed by atoms with Crippen LogP contribution >= 0.6 is 34.3 Å². The molecule has 3 rings (SSSR count). The van der Waals surface area contributed by atoms with Crippen molar-refractivity contribution in [2.24, 2.45) is 0 Å². The zero-order chi connectivity index (χ0) is 11.8. The number of H-pyrrole nitrogens is 1. The Labute approximate surface area is 111 Å². The summed E-state index contributed by atoms with van der Waals surface area (Å²) in [4.78, 5) is 16.9. The van der Waals surface area contributed by atoms with E-state index < -0.39 is 0 Å². The predicted octanol–water partition coefficient (Wildman–Crippen LogP) is 4.62. The molecule has 0 bridgehead atoms. The summed E-state index contributed by atoms with van der Waals surface area (Å²) in [6.45, 7) is 0. The standard InChI is InChI=1S/C12H8ClNOS2/c13-11-4-7-5-14-8-2-1-3-9(15)12(8)17-10(7)6-16-11/h1-2,4-6,14H,3H2. The summed E-state index contributed by atoms with van der Waals surface area (Å²) in [6, 6.07) is 1.91. The number of aromatic amines is 1. The molecule has 1 aliphatic carbocycles. The molecule has 5 heteroatoms. The van der Waals surface area contributed by atoms with E-state index >= 15 is 0 Å². The molecule has 0 radical (unpaired) electrons. The normalized spacial score (nSPS) is 13.8. The summed E-state index contributed by atoms with van der Waals surface area (Å²) in [5.74, 6) is 0.168. The Morgan fingerprint density at radius 3 is 3.18 bits per heavy atom. The van der Waals surface area contributed by atoms with Crippen LogP contribution in [0, 0.1) is 0 Å². The number of hydrogen-bond donors (Lipinski definition) is 1. The van der Waals surface area contributed by atoms with Crippen LogP contribution in [0.2, 0.25) is 4.34 Å². The SMILES string of the molecule is O=C1CC=Cc2[nH]cc3cc(Cl)scc-3sc21. The molecule has 0 atom stereocenters. The molecule has 0 spiro atoms. The highest BCUT2D eigenvalue weighted by Gasteiger charge is 2.15. The van der Waals surface area contributed by atoms with Crippen molar-refractivity contribution in [3.05, 3.63) is 38.6 Å². The molecule has 17 heavy (non-hydrogen) atoms. The van der Waals surface area contributed by atoms with Crippen LogP contribution in [0.15, 0.2) is 23.7 Å². The number of aromatic nitrogens is 1. The lowest BCUT2D eigenvalue weighted by atomic mass is 10.1. The smallest absolute Gasteiger partial charge is 0.178 e. The minimum atomic E-state index is 0.168. The molecule has 0 fully saturated rings. The Morgan fingerprint density at radius 1 is 1.41 bits per heavy atom. The zero-order valence-corrected chi connectivity index (χ0v) is 11.1. The topological polar surface area (TPSA) is 32.9 Å². The van der Waals surface area contributed by atoms with Crippen LogP contribution in [0.25, 0.3) is 16.5 Å². The molecule has 0 saturated heterocycles. The number of carbonyl (C=O) groups is 1. The Hall–Kier alpha value is -1.10. The van der Waals surface area contributed by atoms with Crippen LogP contribution in [0.1, 0.15) is 21.8 Å². The fourth-order valence-corrected chi connectivity index (χ4v) is 3.72. The first-order valence-corrected chi connectivity index (χ1v) is 7.14. The molecule has 0 amide bonds. The molecule has 2 heterocycles. The highest BCUT2D eigenvalue weighted by Crippen LogP contribution is 2.34. The van der Waals surface area contributed by atoms with Crippen LogP contribution in [-0.4, -0.2) is 10.8 Å². The van der Waals surface area contributed by atoms with Crippen molar-refractivity contribution in [3.8, 4) is 10.4 Å². The zero-order valence-electron chi connectivity index (χ0n) is 8.70. The monoisotopic (exact) mass is 281 g/mol. The van der Waals surface area contributed by atoms with E-state index in [1.165, 1.54) is 22.7 Å². The van der Waals surface area contributed by atoms with E-state index in [2.05, 4.69) is 4.98 Å². The summed E-state index contributed by atoms with van der Waals surface area (Å²) >= 11 is 8.97. The van der Waals surface area contributed by atoms with Gasteiger partial charge in [-0.15, -0.1) is 22.7 Å². The first-order chi connectivity index (χ1) is 8.24. The van der Waals surface area contributed by atoms with Gasteiger partial charge in [-0.1, -0.05) is 17.7 Å². The maximum Gasteiger partial charge on any atom is 0.178 e. The highest BCUT2D eigenvalue weighted by molar-refractivity contribution is 7.20. The van der Waals surface area contributed by atoms with E-state index in [1.54, 1.807) is 0 Å². The molecule has 0 aromatic rings. The van der Waals surface area contributed by atoms with Gasteiger partial charge < -0.3 is 4.98 Å². The highest BCUT2D eigenvalue weighted by atomic mass is 35.5. The third kappa shape index (κ3) is 2.04. The van der Waals surface area contributed by atoms with Gasteiger partial charge in [0.05, 0.1) is 14.9 Å². The van der Waals surface area contributed by atoms with Crippen molar-refractivity contribution in [1.82, 2.24) is 4.98 Å². The van der Waals surface area contributed by atoms with Crippen LogP contribution in [0.3, 0.4) is 0 Å². The van der Waals surface area contributed by atoms with Crippen LogP contribution in [-0.2, 0) is 0 Å². The number of allylic oxidation sites excluding steroid dienone is 1. The summed E-state index contributed by atoms with van der Waals surface area (Å²) in [6.07, 6.45) is 6.22.